The van der Waals surface area contributed by atoms with Crippen molar-refractivity contribution in [3.63, 3.8) is 0 Å². The monoisotopic (exact) mass is 519 g/mol. The van der Waals surface area contributed by atoms with Gasteiger partial charge in [-0.25, -0.2) is 9.38 Å². The second kappa shape index (κ2) is 10.9. The standard InChI is InChI=1S/C29H30FN3O3S/c1-3-36-27(34)18-32-19(2)22(21-13-7-10-16-25(21)32)17-26-28(35)33(20-11-5-4-6-12-20)29(37-26)31-24-15-9-8-14-23(24)30/h7-10,13-17,20H,3-6,11-12,18H2,1-2H3/b26-17-,31-29?. The van der Waals surface area contributed by atoms with E-state index in [1.807, 2.05) is 41.8 Å². The highest BCUT2D eigenvalue weighted by Crippen LogP contribution is 2.40. The van der Waals surface area contributed by atoms with Crippen molar-refractivity contribution in [3.8, 4) is 0 Å². The first-order valence-corrected chi connectivity index (χ1v) is 13.6. The maximum absolute atomic E-state index is 14.5. The van der Waals surface area contributed by atoms with Crippen LogP contribution in [0.1, 0.15) is 50.3 Å². The maximum atomic E-state index is 14.5. The minimum absolute atomic E-state index is 0.0522. The summed E-state index contributed by atoms with van der Waals surface area (Å²) in [6.45, 7) is 4.15. The molecule has 5 rings (SSSR count). The number of ether oxygens (including phenoxy) is 1. The lowest BCUT2D eigenvalue weighted by atomic mass is 9.94. The van der Waals surface area contributed by atoms with Gasteiger partial charge < -0.3 is 9.30 Å². The van der Waals surface area contributed by atoms with Gasteiger partial charge in [0.15, 0.2) is 5.17 Å². The van der Waals surface area contributed by atoms with E-state index in [2.05, 4.69) is 4.99 Å². The molecule has 1 aliphatic carbocycles. The van der Waals surface area contributed by atoms with Crippen LogP contribution >= 0.6 is 11.8 Å². The van der Waals surface area contributed by atoms with E-state index in [1.165, 1.54) is 17.8 Å². The highest BCUT2D eigenvalue weighted by atomic mass is 32.2. The average molecular weight is 520 g/mol. The Hall–Kier alpha value is -3.39. The number of esters is 1. The van der Waals surface area contributed by atoms with Gasteiger partial charge in [0.25, 0.3) is 5.91 Å². The summed E-state index contributed by atoms with van der Waals surface area (Å²) in [5, 5.41) is 1.47. The summed E-state index contributed by atoms with van der Waals surface area (Å²) in [5.41, 5.74) is 2.88. The highest BCUT2D eigenvalue weighted by Gasteiger charge is 2.39. The average Bonchev–Trinajstić information content (AvgIpc) is 3.35. The summed E-state index contributed by atoms with van der Waals surface area (Å²) in [6.07, 6.45) is 7.00. The van der Waals surface area contributed by atoms with Gasteiger partial charge in [0.05, 0.1) is 11.5 Å². The predicted octanol–water partition coefficient (Wildman–Crippen LogP) is 6.59. The van der Waals surface area contributed by atoms with Crippen LogP contribution < -0.4 is 0 Å². The molecule has 8 heteroatoms. The Labute approximate surface area is 220 Å². The number of fused-ring (bicyclic) bond motifs is 1. The quantitative estimate of drug-likeness (QED) is 0.272. The number of thioether (sulfide) groups is 1. The lowest BCUT2D eigenvalue weighted by Crippen LogP contribution is -2.40. The molecule has 2 fully saturated rings. The molecule has 1 saturated carbocycles. The molecule has 192 valence electrons. The van der Waals surface area contributed by atoms with Crippen LogP contribution in [0.3, 0.4) is 0 Å². The molecule has 0 N–H and O–H groups in total. The molecule has 6 nitrogen and oxygen atoms in total. The van der Waals surface area contributed by atoms with E-state index >= 15 is 0 Å². The number of aromatic nitrogens is 1. The number of hydrogen-bond acceptors (Lipinski definition) is 5. The van der Waals surface area contributed by atoms with Crippen LogP contribution in [-0.4, -0.2) is 39.2 Å². The number of carbonyl (C=O) groups is 2. The number of benzene rings is 2. The number of amidine groups is 1. The molecular weight excluding hydrogens is 489 g/mol. The van der Waals surface area contributed by atoms with E-state index in [1.54, 1.807) is 30.0 Å². The van der Waals surface area contributed by atoms with Crippen molar-refractivity contribution in [2.75, 3.05) is 6.61 Å². The highest BCUT2D eigenvalue weighted by molar-refractivity contribution is 8.18. The smallest absolute Gasteiger partial charge is 0.325 e. The van der Waals surface area contributed by atoms with Gasteiger partial charge in [0.1, 0.15) is 18.0 Å². The predicted molar refractivity (Wildman–Crippen MR) is 146 cm³/mol. The van der Waals surface area contributed by atoms with Crippen molar-refractivity contribution in [3.05, 3.63) is 70.5 Å². The summed E-state index contributed by atoms with van der Waals surface area (Å²) in [5.74, 6) is -0.824. The van der Waals surface area contributed by atoms with Gasteiger partial charge >= 0.3 is 5.97 Å². The van der Waals surface area contributed by atoms with E-state index in [-0.39, 0.29) is 30.2 Å². The van der Waals surface area contributed by atoms with Crippen LogP contribution in [0.2, 0.25) is 0 Å². The van der Waals surface area contributed by atoms with E-state index in [0.717, 1.165) is 54.3 Å². The molecule has 1 saturated heterocycles. The molecule has 0 radical (unpaired) electrons. The Balaban J connectivity index is 1.58. The lowest BCUT2D eigenvalue weighted by molar-refractivity contribution is -0.143. The SMILES string of the molecule is CCOC(=O)Cn1c(C)c(/C=C2\SC(=Nc3ccccc3F)N(C3CCCCC3)C2=O)c2ccccc21. The van der Waals surface area contributed by atoms with Crippen molar-refractivity contribution in [1.29, 1.82) is 0 Å². The zero-order valence-electron chi connectivity index (χ0n) is 21.1. The van der Waals surface area contributed by atoms with Crippen LogP contribution in [0.4, 0.5) is 10.1 Å². The Bertz CT molecular complexity index is 1400. The zero-order chi connectivity index (χ0) is 25.9. The minimum atomic E-state index is -0.415. The second-order valence-corrected chi connectivity index (χ2v) is 10.3. The second-order valence-electron chi connectivity index (χ2n) is 9.33. The molecule has 1 aliphatic heterocycles. The van der Waals surface area contributed by atoms with Crippen molar-refractivity contribution in [1.82, 2.24) is 9.47 Å². The summed E-state index contributed by atoms with van der Waals surface area (Å²) in [7, 11) is 0. The van der Waals surface area contributed by atoms with Gasteiger partial charge in [-0.3, -0.25) is 14.5 Å². The number of amides is 1. The Kier molecular flexibility index (Phi) is 7.46. The van der Waals surface area contributed by atoms with Gasteiger partial charge in [-0.15, -0.1) is 0 Å². The third-order valence-corrected chi connectivity index (χ3v) is 7.98. The lowest BCUT2D eigenvalue weighted by Gasteiger charge is -2.30. The molecule has 0 unspecified atom stereocenters. The molecule has 0 atom stereocenters. The maximum Gasteiger partial charge on any atom is 0.325 e. The van der Waals surface area contributed by atoms with Crippen LogP contribution in [0, 0.1) is 12.7 Å². The van der Waals surface area contributed by atoms with E-state index in [4.69, 9.17) is 4.74 Å². The third-order valence-electron chi connectivity index (χ3n) is 6.99. The fourth-order valence-corrected chi connectivity index (χ4v) is 6.22. The molecular formula is C29H30FN3O3S. The number of aliphatic imine (C=N–C) groups is 1. The van der Waals surface area contributed by atoms with Crippen molar-refractivity contribution < 1.29 is 18.7 Å². The summed E-state index contributed by atoms with van der Waals surface area (Å²) >= 11 is 1.29. The van der Waals surface area contributed by atoms with Crippen molar-refractivity contribution in [2.24, 2.45) is 4.99 Å². The van der Waals surface area contributed by atoms with E-state index in [9.17, 15) is 14.0 Å². The molecule has 3 aromatic rings. The van der Waals surface area contributed by atoms with Crippen LogP contribution in [0.25, 0.3) is 17.0 Å². The fourth-order valence-electron chi connectivity index (χ4n) is 5.18. The first kappa shape index (κ1) is 25.3. The molecule has 1 amide bonds. The van der Waals surface area contributed by atoms with Gasteiger partial charge in [-0.05, 0) is 62.7 Å². The molecule has 2 aliphatic rings. The Morgan fingerprint density at radius 3 is 2.62 bits per heavy atom. The number of hydrogen-bond donors (Lipinski definition) is 0. The normalized spacial score (nSPS) is 18.9. The molecule has 37 heavy (non-hydrogen) atoms. The molecule has 0 spiro atoms. The molecule has 1 aromatic heterocycles. The number of carbonyl (C=O) groups excluding carboxylic acids is 2. The number of rotatable bonds is 6. The Morgan fingerprint density at radius 2 is 1.86 bits per heavy atom. The van der Waals surface area contributed by atoms with Gasteiger partial charge in [-0.2, -0.15) is 0 Å². The topological polar surface area (TPSA) is 63.9 Å². The summed E-state index contributed by atoms with van der Waals surface area (Å²) in [4.78, 5) is 33.0. The van der Waals surface area contributed by atoms with Crippen molar-refractivity contribution >= 4 is 51.5 Å². The van der Waals surface area contributed by atoms with Crippen LogP contribution in [0.5, 0.6) is 0 Å². The third kappa shape index (κ3) is 5.07. The first-order valence-electron chi connectivity index (χ1n) is 12.8. The van der Waals surface area contributed by atoms with Crippen molar-refractivity contribution in [2.45, 2.75) is 58.5 Å². The largest absolute Gasteiger partial charge is 0.465 e. The van der Waals surface area contributed by atoms with Gasteiger partial charge in [-0.1, -0.05) is 49.6 Å². The number of para-hydroxylation sites is 2. The Morgan fingerprint density at radius 1 is 1.14 bits per heavy atom. The molecule has 0 bridgehead atoms. The zero-order valence-corrected chi connectivity index (χ0v) is 21.9. The van der Waals surface area contributed by atoms with Gasteiger partial charge in [0, 0.05) is 28.2 Å². The molecule has 2 aromatic carbocycles. The van der Waals surface area contributed by atoms with Gasteiger partial charge in [0.2, 0.25) is 0 Å². The number of halogens is 1. The first-order chi connectivity index (χ1) is 18.0. The fraction of sp³-hybridized carbons (Fsp3) is 0.345. The van der Waals surface area contributed by atoms with Crippen LogP contribution in [0.15, 0.2) is 58.4 Å². The number of nitrogens with zero attached hydrogens (tertiary/aromatic N) is 3. The molecule has 2 heterocycles. The van der Waals surface area contributed by atoms with E-state index in [0.29, 0.717) is 16.7 Å². The minimum Gasteiger partial charge on any atom is -0.465 e. The summed E-state index contributed by atoms with van der Waals surface area (Å²) in [6, 6.07) is 14.3. The summed E-state index contributed by atoms with van der Waals surface area (Å²) < 4.78 is 21.6. The van der Waals surface area contributed by atoms with E-state index < -0.39 is 5.82 Å². The van der Waals surface area contributed by atoms with Crippen LogP contribution in [-0.2, 0) is 20.9 Å².